The number of hydrogen-bond acceptors (Lipinski definition) is 2. The maximum atomic E-state index is 5.08. The summed E-state index contributed by atoms with van der Waals surface area (Å²) in [6, 6.07) is 56.1. The zero-order valence-electron chi connectivity index (χ0n) is 24.8. The second kappa shape index (κ2) is 9.62. The van der Waals surface area contributed by atoms with E-state index in [4.69, 9.17) is 9.97 Å². The number of hydrogen-bond donors (Lipinski definition) is 0. The first-order valence-corrected chi connectivity index (χ1v) is 15.6. The summed E-state index contributed by atoms with van der Waals surface area (Å²) in [6.45, 7) is 0. The van der Waals surface area contributed by atoms with E-state index in [2.05, 4.69) is 155 Å². The van der Waals surface area contributed by atoms with Crippen molar-refractivity contribution in [2.75, 3.05) is 0 Å². The maximum absolute atomic E-state index is 5.08. The number of nitrogens with zero attached hydrogens (tertiary/aromatic N) is 4. The van der Waals surface area contributed by atoms with Crippen LogP contribution in [-0.4, -0.2) is 18.9 Å². The van der Waals surface area contributed by atoms with Crippen molar-refractivity contribution in [3.8, 4) is 28.2 Å². The van der Waals surface area contributed by atoms with E-state index in [1.165, 1.54) is 32.7 Å². The van der Waals surface area contributed by atoms with Gasteiger partial charge in [0.25, 0.3) is 0 Å². The summed E-state index contributed by atoms with van der Waals surface area (Å²) in [5.74, 6) is 0.943. The number of pyridine rings is 1. The highest BCUT2D eigenvalue weighted by molar-refractivity contribution is 6.14. The Hall–Kier alpha value is -6.26. The van der Waals surface area contributed by atoms with Gasteiger partial charge in [-0.15, -0.1) is 0 Å². The zero-order valence-corrected chi connectivity index (χ0v) is 24.8. The van der Waals surface area contributed by atoms with Crippen molar-refractivity contribution in [1.82, 2.24) is 18.9 Å². The fraction of sp³-hybridized carbons (Fsp3) is 0. The van der Waals surface area contributed by atoms with Crippen LogP contribution in [-0.2, 0) is 0 Å². The first kappa shape index (κ1) is 25.1. The maximum Gasteiger partial charge on any atom is 0.146 e. The Bertz CT molecular complexity index is 2810. The molecule has 0 N–H and O–H groups in total. The molecule has 0 saturated heterocycles. The summed E-state index contributed by atoms with van der Waals surface area (Å²) in [6.07, 6.45) is 0. The van der Waals surface area contributed by atoms with Crippen molar-refractivity contribution in [2.45, 2.75) is 0 Å². The van der Waals surface area contributed by atoms with Gasteiger partial charge < -0.3 is 0 Å². The zero-order chi connectivity index (χ0) is 30.2. The SMILES string of the molecule is c1ccc(-n2c(-c3ccc4cc(-c5ccc6c(c5)c5ccccc5c5nc7ccccc7n65)ccc4c3)nc3ccccc32)cc1. The average molecular weight is 587 g/mol. The minimum atomic E-state index is 0.943. The van der Waals surface area contributed by atoms with Crippen LogP contribution in [0.25, 0.3) is 88.4 Å². The van der Waals surface area contributed by atoms with E-state index < -0.39 is 0 Å². The summed E-state index contributed by atoms with van der Waals surface area (Å²) < 4.78 is 4.56. The summed E-state index contributed by atoms with van der Waals surface area (Å²) >= 11 is 0. The average Bonchev–Trinajstić information content (AvgIpc) is 3.71. The Morgan fingerprint density at radius 2 is 1.00 bits per heavy atom. The van der Waals surface area contributed by atoms with E-state index in [0.717, 1.165) is 55.7 Å². The van der Waals surface area contributed by atoms with Crippen LogP contribution in [0.1, 0.15) is 0 Å². The molecule has 3 heterocycles. The third kappa shape index (κ3) is 3.67. The Morgan fingerprint density at radius 3 is 1.83 bits per heavy atom. The fourth-order valence-corrected chi connectivity index (χ4v) is 7.11. The Morgan fingerprint density at radius 1 is 0.391 bits per heavy atom. The van der Waals surface area contributed by atoms with Crippen molar-refractivity contribution in [2.24, 2.45) is 0 Å². The van der Waals surface area contributed by atoms with Gasteiger partial charge in [0.1, 0.15) is 11.5 Å². The van der Waals surface area contributed by atoms with E-state index >= 15 is 0 Å². The largest absolute Gasteiger partial charge is 0.292 e. The highest BCUT2D eigenvalue weighted by atomic mass is 15.1. The molecule has 214 valence electrons. The lowest BCUT2D eigenvalue weighted by Crippen LogP contribution is -1.97. The van der Waals surface area contributed by atoms with Crippen LogP contribution in [0.15, 0.2) is 158 Å². The van der Waals surface area contributed by atoms with Crippen LogP contribution in [0.5, 0.6) is 0 Å². The van der Waals surface area contributed by atoms with Gasteiger partial charge in [0.15, 0.2) is 0 Å². The summed E-state index contributed by atoms with van der Waals surface area (Å²) in [7, 11) is 0. The van der Waals surface area contributed by atoms with Gasteiger partial charge in [0, 0.05) is 22.0 Å². The third-order valence-electron chi connectivity index (χ3n) is 9.26. The van der Waals surface area contributed by atoms with Gasteiger partial charge in [0.05, 0.1) is 27.6 Å². The van der Waals surface area contributed by atoms with Crippen molar-refractivity contribution in [3.63, 3.8) is 0 Å². The topological polar surface area (TPSA) is 35.1 Å². The summed E-state index contributed by atoms with van der Waals surface area (Å²) in [5.41, 5.74) is 11.0. The molecular formula is C42H26N4. The highest BCUT2D eigenvalue weighted by Crippen LogP contribution is 2.36. The number of rotatable bonds is 3. The number of aromatic nitrogens is 4. The molecule has 0 aliphatic heterocycles. The van der Waals surface area contributed by atoms with Crippen molar-refractivity contribution >= 4 is 60.2 Å². The number of fused-ring (bicyclic) bond motifs is 10. The van der Waals surface area contributed by atoms with Gasteiger partial charge in [-0.1, -0.05) is 97.1 Å². The van der Waals surface area contributed by atoms with Gasteiger partial charge >= 0.3 is 0 Å². The summed E-state index contributed by atoms with van der Waals surface area (Å²) in [4.78, 5) is 10.1. The van der Waals surface area contributed by atoms with Crippen LogP contribution in [0.3, 0.4) is 0 Å². The molecule has 0 spiro atoms. The molecule has 0 atom stereocenters. The van der Waals surface area contributed by atoms with Crippen LogP contribution in [0.2, 0.25) is 0 Å². The molecule has 7 aromatic carbocycles. The molecule has 10 rings (SSSR count). The molecule has 0 fully saturated rings. The van der Waals surface area contributed by atoms with Crippen molar-refractivity contribution in [3.05, 3.63) is 158 Å². The Labute approximate surface area is 264 Å². The Kier molecular flexibility index (Phi) is 5.25. The third-order valence-corrected chi connectivity index (χ3v) is 9.26. The molecule has 4 heteroatoms. The van der Waals surface area contributed by atoms with Crippen LogP contribution in [0, 0.1) is 0 Å². The van der Waals surface area contributed by atoms with Crippen molar-refractivity contribution < 1.29 is 0 Å². The molecule has 0 aliphatic rings. The van der Waals surface area contributed by atoms with E-state index in [9.17, 15) is 0 Å². The predicted molar refractivity (Wildman–Crippen MR) is 191 cm³/mol. The van der Waals surface area contributed by atoms with Gasteiger partial charge in [-0.2, -0.15) is 0 Å². The molecule has 0 radical (unpaired) electrons. The molecule has 0 amide bonds. The highest BCUT2D eigenvalue weighted by Gasteiger charge is 2.16. The smallest absolute Gasteiger partial charge is 0.146 e. The number of para-hydroxylation sites is 5. The van der Waals surface area contributed by atoms with Gasteiger partial charge in [0.2, 0.25) is 0 Å². The molecule has 46 heavy (non-hydrogen) atoms. The normalized spacial score (nSPS) is 11.9. The molecule has 10 aromatic rings. The molecular weight excluding hydrogens is 560 g/mol. The first-order chi connectivity index (χ1) is 22.8. The lowest BCUT2D eigenvalue weighted by atomic mass is 9.97. The van der Waals surface area contributed by atoms with Crippen LogP contribution >= 0.6 is 0 Å². The van der Waals surface area contributed by atoms with Crippen molar-refractivity contribution in [1.29, 1.82) is 0 Å². The first-order valence-electron chi connectivity index (χ1n) is 15.6. The van der Waals surface area contributed by atoms with E-state index in [1.807, 2.05) is 12.1 Å². The minimum Gasteiger partial charge on any atom is -0.292 e. The second-order valence-corrected chi connectivity index (χ2v) is 11.9. The van der Waals surface area contributed by atoms with Gasteiger partial charge in [-0.3, -0.25) is 8.97 Å². The second-order valence-electron chi connectivity index (χ2n) is 11.9. The minimum absolute atomic E-state index is 0.943. The van der Waals surface area contributed by atoms with Crippen LogP contribution in [0.4, 0.5) is 0 Å². The predicted octanol–water partition coefficient (Wildman–Crippen LogP) is 10.6. The van der Waals surface area contributed by atoms with E-state index in [0.29, 0.717) is 0 Å². The summed E-state index contributed by atoms with van der Waals surface area (Å²) in [5, 5.41) is 5.99. The number of imidazole rings is 2. The molecule has 0 aliphatic carbocycles. The van der Waals surface area contributed by atoms with Gasteiger partial charge in [-0.05, 0) is 87.9 Å². The number of benzene rings is 7. The lowest BCUT2D eigenvalue weighted by Gasteiger charge is -2.12. The van der Waals surface area contributed by atoms with E-state index in [-0.39, 0.29) is 0 Å². The molecule has 3 aromatic heterocycles. The van der Waals surface area contributed by atoms with E-state index in [1.54, 1.807) is 0 Å². The lowest BCUT2D eigenvalue weighted by molar-refractivity contribution is 1.10. The monoisotopic (exact) mass is 586 g/mol. The quantitative estimate of drug-likeness (QED) is 0.193. The Balaban J connectivity index is 1.12. The van der Waals surface area contributed by atoms with Crippen LogP contribution < -0.4 is 0 Å². The van der Waals surface area contributed by atoms with Gasteiger partial charge in [-0.25, -0.2) is 9.97 Å². The molecule has 0 unspecified atom stereocenters. The fourth-order valence-electron chi connectivity index (χ4n) is 7.11. The molecule has 0 saturated carbocycles. The molecule has 0 bridgehead atoms. The molecule has 4 nitrogen and oxygen atoms in total. The standard InChI is InChI=1S/C42H26N4/c1-2-10-32(11-3-1)45-39-16-8-6-14-36(39)43-41(45)31-21-20-27-24-28(18-19-29(27)25-31)30-22-23-38-35(26-30)33-12-4-5-13-34(33)42-44-37-15-7-9-17-40(37)46(38)42/h1-26H.